The van der Waals surface area contributed by atoms with Gasteiger partial charge in [0, 0.05) is 32.7 Å². The van der Waals surface area contributed by atoms with Gasteiger partial charge in [0.15, 0.2) is 0 Å². The van der Waals surface area contributed by atoms with Gasteiger partial charge in [-0.3, -0.25) is 9.69 Å². The van der Waals surface area contributed by atoms with E-state index in [2.05, 4.69) is 9.80 Å². The quantitative estimate of drug-likeness (QED) is 0.684. The van der Waals surface area contributed by atoms with Crippen LogP contribution in [0.3, 0.4) is 0 Å². The predicted molar refractivity (Wildman–Crippen MR) is 73.1 cm³/mol. The second kappa shape index (κ2) is 7.82. The summed E-state index contributed by atoms with van der Waals surface area (Å²) in [5.74, 6) is 0.0666. The molecule has 0 bridgehead atoms. The summed E-state index contributed by atoms with van der Waals surface area (Å²) in [5.41, 5.74) is 0. The first-order valence-electron chi connectivity index (χ1n) is 7.48. The highest BCUT2D eigenvalue weighted by Crippen LogP contribution is 2.17. The van der Waals surface area contributed by atoms with Crippen LogP contribution in [0, 0.1) is 5.92 Å². The van der Waals surface area contributed by atoms with E-state index in [-0.39, 0.29) is 11.9 Å². The molecule has 2 aliphatic heterocycles. The SMILES string of the molecule is CCOC(=O)C1CCCN(CCN2CCOCC2)C1. The van der Waals surface area contributed by atoms with Gasteiger partial charge in [-0.2, -0.15) is 0 Å². The van der Waals surface area contributed by atoms with Crippen LogP contribution >= 0.6 is 0 Å². The van der Waals surface area contributed by atoms with Gasteiger partial charge in [-0.25, -0.2) is 0 Å². The molecule has 0 saturated carbocycles. The van der Waals surface area contributed by atoms with E-state index in [1.807, 2.05) is 6.92 Å². The molecule has 19 heavy (non-hydrogen) atoms. The van der Waals surface area contributed by atoms with Crippen molar-refractivity contribution in [1.82, 2.24) is 9.80 Å². The molecule has 0 amide bonds. The number of esters is 1. The Hall–Kier alpha value is -0.650. The third-order valence-corrected chi connectivity index (χ3v) is 3.96. The van der Waals surface area contributed by atoms with Gasteiger partial charge < -0.3 is 14.4 Å². The number of rotatable bonds is 5. The number of morpholine rings is 1. The van der Waals surface area contributed by atoms with Gasteiger partial charge in [0.1, 0.15) is 0 Å². The molecule has 2 heterocycles. The molecule has 1 atom stereocenters. The standard InChI is InChI=1S/C14H26N2O3/c1-2-19-14(17)13-4-3-5-16(12-13)7-6-15-8-10-18-11-9-15/h13H,2-12H2,1H3. The molecular weight excluding hydrogens is 244 g/mol. The fourth-order valence-electron chi connectivity index (χ4n) is 2.82. The topological polar surface area (TPSA) is 42.0 Å². The number of ether oxygens (including phenoxy) is 2. The first kappa shape index (κ1) is 14.8. The molecule has 2 fully saturated rings. The van der Waals surface area contributed by atoms with E-state index in [1.54, 1.807) is 0 Å². The van der Waals surface area contributed by atoms with Crippen LogP contribution in [0.15, 0.2) is 0 Å². The minimum absolute atomic E-state index is 0.0152. The second-order valence-electron chi connectivity index (χ2n) is 5.35. The van der Waals surface area contributed by atoms with Crippen LogP contribution < -0.4 is 0 Å². The van der Waals surface area contributed by atoms with Gasteiger partial charge in [0.05, 0.1) is 25.7 Å². The van der Waals surface area contributed by atoms with Crippen molar-refractivity contribution in [3.05, 3.63) is 0 Å². The van der Waals surface area contributed by atoms with Crippen LogP contribution in [0.1, 0.15) is 19.8 Å². The number of piperidine rings is 1. The highest BCUT2D eigenvalue weighted by molar-refractivity contribution is 5.72. The summed E-state index contributed by atoms with van der Waals surface area (Å²) < 4.78 is 10.5. The average Bonchev–Trinajstić information content (AvgIpc) is 2.47. The van der Waals surface area contributed by atoms with Crippen molar-refractivity contribution in [2.45, 2.75) is 19.8 Å². The third-order valence-electron chi connectivity index (χ3n) is 3.96. The van der Waals surface area contributed by atoms with E-state index in [0.717, 1.165) is 65.3 Å². The van der Waals surface area contributed by atoms with Crippen LogP contribution in [0.25, 0.3) is 0 Å². The summed E-state index contributed by atoms with van der Waals surface area (Å²) in [6.07, 6.45) is 2.08. The van der Waals surface area contributed by atoms with Gasteiger partial charge in [0.25, 0.3) is 0 Å². The normalized spacial score (nSPS) is 26.3. The number of carbonyl (C=O) groups excluding carboxylic acids is 1. The first-order valence-corrected chi connectivity index (χ1v) is 7.48. The smallest absolute Gasteiger partial charge is 0.310 e. The lowest BCUT2D eigenvalue weighted by Crippen LogP contribution is -2.45. The van der Waals surface area contributed by atoms with E-state index < -0.39 is 0 Å². The van der Waals surface area contributed by atoms with E-state index in [9.17, 15) is 4.79 Å². The molecular formula is C14H26N2O3. The molecule has 0 aromatic heterocycles. The molecule has 2 saturated heterocycles. The third kappa shape index (κ3) is 4.75. The summed E-state index contributed by atoms with van der Waals surface area (Å²) in [6, 6.07) is 0. The Morgan fingerprint density at radius 3 is 2.68 bits per heavy atom. The largest absolute Gasteiger partial charge is 0.466 e. The Labute approximate surface area is 115 Å². The maximum absolute atomic E-state index is 11.8. The molecule has 5 nitrogen and oxygen atoms in total. The summed E-state index contributed by atoms with van der Waals surface area (Å²) in [6.45, 7) is 10.2. The Kier molecular flexibility index (Phi) is 6.07. The highest BCUT2D eigenvalue weighted by Gasteiger charge is 2.26. The fourth-order valence-corrected chi connectivity index (χ4v) is 2.82. The van der Waals surface area contributed by atoms with Gasteiger partial charge in [-0.05, 0) is 26.3 Å². The molecule has 0 aliphatic carbocycles. The lowest BCUT2D eigenvalue weighted by atomic mass is 9.98. The van der Waals surface area contributed by atoms with Crippen LogP contribution in [-0.2, 0) is 14.3 Å². The Balaban J connectivity index is 1.69. The van der Waals surface area contributed by atoms with Crippen molar-refractivity contribution in [2.75, 3.05) is 59.1 Å². The van der Waals surface area contributed by atoms with E-state index in [4.69, 9.17) is 9.47 Å². The van der Waals surface area contributed by atoms with Gasteiger partial charge in [-0.1, -0.05) is 0 Å². The number of hydrogen-bond acceptors (Lipinski definition) is 5. The summed E-state index contributed by atoms with van der Waals surface area (Å²) in [7, 11) is 0. The van der Waals surface area contributed by atoms with Crippen LogP contribution in [0.5, 0.6) is 0 Å². The Morgan fingerprint density at radius 2 is 1.95 bits per heavy atom. The lowest BCUT2D eigenvalue weighted by molar-refractivity contribution is -0.149. The maximum atomic E-state index is 11.8. The molecule has 1 unspecified atom stereocenters. The number of likely N-dealkylation sites (tertiary alicyclic amines) is 1. The minimum atomic E-state index is -0.0152. The van der Waals surface area contributed by atoms with Crippen LogP contribution in [-0.4, -0.2) is 74.9 Å². The second-order valence-corrected chi connectivity index (χ2v) is 5.35. The highest BCUT2D eigenvalue weighted by atomic mass is 16.5. The van der Waals surface area contributed by atoms with E-state index >= 15 is 0 Å². The molecule has 5 heteroatoms. The van der Waals surface area contributed by atoms with E-state index in [1.165, 1.54) is 0 Å². The summed E-state index contributed by atoms with van der Waals surface area (Å²) in [4.78, 5) is 16.6. The zero-order chi connectivity index (χ0) is 13.5. The van der Waals surface area contributed by atoms with Gasteiger partial charge in [0.2, 0.25) is 0 Å². The molecule has 2 aliphatic rings. The number of carbonyl (C=O) groups is 1. The first-order chi connectivity index (χ1) is 9.29. The van der Waals surface area contributed by atoms with Crippen LogP contribution in [0.4, 0.5) is 0 Å². The Bertz CT molecular complexity index is 280. The van der Waals surface area contributed by atoms with Crippen molar-refractivity contribution in [3.63, 3.8) is 0 Å². The number of hydrogen-bond donors (Lipinski definition) is 0. The van der Waals surface area contributed by atoms with Gasteiger partial charge >= 0.3 is 5.97 Å². The summed E-state index contributed by atoms with van der Waals surface area (Å²) >= 11 is 0. The van der Waals surface area contributed by atoms with E-state index in [0.29, 0.717) is 6.61 Å². The molecule has 110 valence electrons. The molecule has 2 rings (SSSR count). The molecule has 0 spiro atoms. The molecule has 0 N–H and O–H groups in total. The molecule has 0 aromatic carbocycles. The van der Waals surface area contributed by atoms with Crippen molar-refractivity contribution in [1.29, 1.82) is 0 Å². The number of nitrogens with zero attached hydrogens (tertiary/aromatic N) is 2. The fraction of sp³-hybridized carbons (Fsp3) is 0.929. The minimum Gasteiger partial charge on any atom is -0.466 e. The zero-order valence-electron chi connectivity index (χ0n) is 12.0. The monoisotopic (exact) mass is 270 g/mol. The molecule has 0 radical (unpaired) electrons. The molecule has 0 aromatic rings. The average molecular weight is 270 g/mol. The van der Waals surface area contributed by atoms with Crippen molar-refractivity contribution >= 4 is 5.97 Å². The van der Waals surface area contributed by atoms with Crippen LogP contribution in [0.2, 0.25) is 0 Å². The van der Waals surface area contributed by atoms with Crippen molar-refractivity contribution in [3.8, 4) is 0 Å². The Morgan fingerprint density at radius 1 is 1.21 bits per heavy atom. The van der Waals surface area contributed by atoms with Crippen molar-refractivity contribution < 1.29 is 14.3 Å². The zero-order valence-corrected chi connectivity index (χ0v) is 12.0. The lowest BCUT2D eigenvalue weighted by Gasteiger charge is -2.34. The summed E-state index contributed by atoms with van der Waals surface area (Å²) in [5, 5.41) is 0. The van der Waals surface area contributed by atoms with Gasteiger partial charge in [-0.15, -0.1) is 0 Å². The predicted octanol–water partition coefficient (Wildman–Crippen LogP) is 0.594. The maximum Gasteiger partial charge on any atom is 0.310 e. The van der Waals surface area contributed by atoms with Crippen molar-refractivity contribution in [2.24, 2.45) is 5.92 Å².